The SMILES string of the molecule is COC(=O)c1sc(N2CC(C)OC(CO)C2)nc1Cl. The summed E-state index contributed by atoms with van der Waals surface area (Å²) in [6.07, 6.45) is -0.275. The van der Waals surface area contributed by atoms with Gasteiger partial charge in [-0.25, -0.2) is 9.78 Å². The maximum atomic E-state index is 11.5. The quantitative estimate of drug-likeness (QED) is 0.845. The minimum absolute atomic E-state index is 0.0184. The predicted octanol–water partition coefficient (Wildman–Crippen LogP) is 1.17. The molecule has 1 N–H and O–H groups in total. The van der Waals surface area contributed by atoms with Gasteiger partial charge in [0.25, 0.3) is 0 Å². The summed E-state index contributed by atoms with van der Waals surface area (Å²) >= 11 is 7.12. The Labute approximate surface area is 119 Å². The van der Waals surface area contributed by atoms with Crippen LogP contribution in [0, 0.1) is 0 Å². The molecule has 1 saturated heterocycles. The molecular formula is C11H15ClN2O4S. The Balaban J connectivity index is 2.19. The molecule has 1 fully saturated rings. The minimum atomic E-state index is -0.492. The molecule has 0 spiro atoms. The summed E-state index contributed by atoms with van der Waals surface area (Å²) in [4.78, 5) is 17.9. The van der Waals surface area contributed by atoms with Crippen LogP contribution < -0.4 is 4.90 Å². The molecule has 2 rings (SSSR count). The number of hydrogen-bond acceptors (Lipinski definition) is 7. The van der Waals surface area contributed by atoms with Crippen molar-refractivity contribution >= 4 is 34.0 Å². The van der Waals surface area contributed by atoms with Crippen molar-refractivity contribution in [2.24, 2.45) is 0 Å². The van der Waals surface area contributed by atoms with E-state index in [-0.39, 0.29) is 24.0 Å². The van der Waals surface area contributed by atoms with Crippen LogP contribution in [0.2, 0.25) is 5.15 Å². The van der Waals surface area contributed by atoms with Gasteiger partial charge in [0.05, 0.1) is 25.9 Å². The van der Waals surface area contributed by atoms with E-state index in [4.69, 9.17) is 16.3 Å². The number of carbonyl (C=O) groups excluding carboxylic acids is 1. The van der Waals surface area contributed by atoms with Gasteiger partial charge in [0.2, 0.25) is 0 Å². The van der Waals surface area contributed by atoms with Crippen LogP contribution in [0.1, 0.15) is 16.6 Å². The summed E-state index contributed by atoms with van der Waals surface area (Å²) < 4.78 is 10.2. The number of aromatic nitrogens is 1. The van der Waals surface area contributed by atoms with Gasteiger partial charge in [0.15, 0.2) is 15.2 Å². The zero-order valence-electron chi connectivity index (χ0n) is 10.6. The van der Waals surface area contributed by atoms with Gasteiger partial charge in [0, 0.05) is 13.1 Å². The van der Waals surface area contributed by atoms with E-state index in [1.165, 1.54) is 18.4 Å². The fourth-order valence-electron chi connectivity index (χ4n) is 1.95. The number of esters is 1. The highest BCUT2D eigenvalue weighted by atomic mass is 35.5. The standard InChI is InChI=1S/C11H15ClN2O4S/c1-6-3-14(4-7(5-15)18-6)11-13-9(12)8(19-11)10(16)17-2/h6-7,15H,3-5H2,1-2H3. The molecule has 0 bridgehead atoms. The molecule has 0 saturated carbocycles. The summed E-state index contributed by atoms with van der Waals surface area (Å²) in [6, 6.07) is 0. The number of ether oxygens (including phenoxy) is 2. The van der Waals surface area contributed by atoms with Crippen LogP contribution in [0.25, 0.3) is 0 Å². The highest BCUT2D eigenvalue weighted by molar-refractivity contribution is 7.18. The van der Waals surface area contributed by atoms with Crippen LogP contribution in [0.15, 0.2) is 0 Å². The first-order valence-electron chi connectivity index (χ1n) is 5.81. The summed E-state index contributed by atoms with van der Waals surface area (Å²) in [7, 11) is 1.30. The van der Waals surface area contributed by atoms with Gasteiger partial charge in [0.1, 0.15) is 0 Å². The molecule has 1 aromatic heterocycles. The largest absolute Gasteiger partial charge is 0.465 e. The maximum Gasteiger partial charge on any atom is 0.351 e. The number of aliphatic hydroxyl groups excluding tert-OH is 1. The molecule has 2 unspecified atom stereocenters. The number of hydrogen-bond donors (Lipinski definition) is 1. The summed E-state index contributed by atoms with van der Waals surface area (Å²) in [5.74, 6) is -0.492. The van der Waals surface area contributed by atoms with Gasteiger partial charge < -0.3 is 19.5 Å². The van der Waals surface area contributed by atoms with Crippen LogP contribution in [-0.4, -0.2) is 55.1 Å². The topological polar surface area (TPSA) is 71.9 Å². The number of rotatable bonds is 3. The van der Waals surface area contributed by atoms with Gasteiger partial charge in [-0.1, -0.05) is 22.9 Å². The molecule has 1 aliphatic rings. The van der Waals surface area contributed by atoms with Crippen LogP contribution in [-0.2, 0) is 9.47 Å². The molecule has 8 heteroatoms. The molecule has 1 aromatic rings. The van der Waals surface area contributed by atoms with Gasteiger partial charge in [-0.05, 0) is 6.92 Å². The predicted molar refractivity (Wildman–Crippen MR) is 72.1 cm³/mol. The van der Waals surface area contributed by atoms with Gasteiger partial charge in [-0.15, -0.1) is 0 Å². The molecule has 2 heterocycles. The Morgan fingerprint density at radius 3 is 3.05 bits per heavy atom. The number of carbonyl (C=O) groups is 1. The first-order chi connectivity index (χ1) is 9.05. The summed E-state index contributed by atoms with van der Waals surface area (Å²) in [5, 5.41) is 9.97. The molecule has 0 aromatic carbocycles. The normalized spacial score (nSPS) is 23.5. The highest BCUT2D eigenvalue weighted by Gasteiger charge is 2.28. The lowest BCUT2D eigenvalue weighted by Gasteiger charge is -2.35. The van der Waals surface area contributed by atoms with Gasteiger partial charge in [-0.3, -0.25) is 0 Å². The second kappa shape index (κ2) is 6.04. The van der Waals surface area contributed by atoms with Gasteiger partial charge >= 0.3 is 5.97 Å². The molecular weight excluding hydrogens is 292 g/mol. The summed E-state index contributed by atoms with van der Waals surface area (Å²) in [6.45, 7) is 3.03. The number of halogens is 1. The molecule has 2 atom stereocenters. The van der Waals surface area contributed by atoms with Crippen LogP contribution in [0.4, 0.5) is 5.13 Å². The Morgan fingerprint density at radius 2 is 2.42 bits per heavy atom. The second-order valence-electron chi connectivity index (χ2n) is 4.26. The first-order valence-corrected chi connectivity index (χ1v) is 7.00. The smallest absolute Gasteiger partial charge is 0.351 e. The Morgan fingerprint density at radius 1 is 1.68 bits per heavy atom. The Hall–Kier alpha value is -0.890. The average molecular weight is 307 g/mol. The second-order valence-corrected chi connectivity index (χ2v) is 5.60. The fourth-order valence-corrected chi connectivity index (χ4v) is 3.16. The third-order valence-electron chi connectivity index (χ3n) is 2.75. The molecule has 1 aliphatic heterocycles. The van der Waals surface area contributed by atoms with Crippen molar-refractivity contribution in [3.63, 3.8) is 0 Å². The van der Waals surface area contributed by atoms with Crippen molar-refractivity contribution in [3.05, 3.63) is 10.0 Å². The van der Waals surface area contributed by atoms with E-state index >= 15 is 0 Å². The number of morpholine rings is 1. The van der Waals surface area contributed by atoms with E-state index in [1.807, 2.05) is 11.8 Å². The maximum absolute atomic E-state index is 11.5. The highest BCUT2D eigenvalue weighted by Crippen LogP contribution is 2.31. The van der Waals surface area contributed by atoms with Gasteiger partial charge in [-0.2, -0.15) is 0 Å². The Bertz CT molecular complexity index is 468. The molecule has 0 amide bonds. The number of methoxy groups -OCH3 is 1. The molecule has 106 valence electrons. The summed E-state index contributed by atoms with van der Waals surface area (Å²) in [5.41, 5.74) is 0. The lowest BCUT2D eigenvalue weighted by atomic mass is 10.2. The van der Waals surface area contributed by atoms with Crippen molar-refractivity contribution in [3.8, 4) is 0 Å². The monoisotopic (exact) mass is 306 g/mol. The average Bonchev–Trinajstić information content (AvgIpc) is 2.79. The third kappa shape index (κ3) is 3.17. The van der Waals surface area contributed by atoms with Crippen LogP contribution in [0.5, 0.6) is 0 Å². The Kier molecular flexibility index (Phi) is 4.62. The number of nitrogens with zero attached hydrogens (tertiary/aromatic N) is 2. The number of thiazole rings is 1. The van der Waals surface area contributed by atoms with Crippen molar-refractivity contribution in [2.75, 3.05) is 31.7 Å². The van der Waals surface area contributed by atoms with Crippen LogP contribution >= 0.6 is 22.9 Å². The lowest BCUT2D eigenvalue weighted by Crippen LogP contribution is -2.48. The first kappa shape index (κ1) is 14.5. The fraction of sp³-hybridized carbons (Fsp3) is 0.636. The molecule has 19 heavy (non-hydrogen) atoms. The number of anilines is 1. The van der Waals surface area contributed by atoms with E-state index < -0.39 is 5.97 Å². The minimum Gasteiger partial charge on any atom is -0.465 e. The van der Waals surface area contributed by atoms with Crippen molar-refractivity contribution in [2.45, 2.75) is 19.1 Å². The lowest BCUT2D eigenvalue weighted by molar-refractivity contribution is -0.0421. The number of aliphatic hydroxyl groups is 1. The van der Waals surface area contributed by atoms with E-state index in [0.29, 0.717) is 23.1 Å². The van der Waals surface area contributed by atoms with E-state index in [2.05, 4.69) is 9.72 Å². The van der Waals surface area contributed by atoms with E-state index in [9.17, 15) is 9.90 Å². The van der Waals surface area contributed by atoms with Crippen molar-refractivity contribution < 1.29 is 19.4 Å². The van der Waals surface area contributed by atoms with Crippen molar-refractivity contribution in [1.82, 2.24) is 4.98 Å². The molecule has 0 radical (unpaired) electrons. The zero-order valence-corrected chi connectivity index (χ0v) is 12.2. The van der Waals surface area contributed by atoms with E-state index in [1.54, 1.807) is 0 Å². The molecule has 0 aliphatic carbocycles. The van der Waals surface area contributed by atoms with Crippen LogP contribution in [0.3, 0.4) is 0 Å². The van der Waals surface area contributed by atoms with Crippen molar-refractivity contribution in [1.29, 1.82) is 0 Å². The third-order valence-corrected chi connectivity index (χ3v) is 4.23. The zero-order chi connectivity index (χ0) is 14.0. The van der Waals surface area contributed by atoms with E-state index in [0.717, 1.165) is 0 Å². The molecule has 6 nitrogen and oxygen atoms in total.